The molecule has 1 rings (SSSR count). The third-order valence-corrected chi connectivity index (χ3v) is 3.85. The predicted octanol–water partition coefficient (Wildman–Crippen LogP) is 3.24. The molecule has 114 valence electrons. The minimum absolute atomic E-state index is 0.0701. The first-order chi connectivity index (χ1) is 9.10. The maximum atomic E-state index is 12.2. The van der Waals surface area contributed by atoms with Crippen molar-refractivity contribution in [3.63, 3.8) is 0 Å². The molecule has 0 spiro atoms. The van der Waals surface area contributed by atoms with Gasteiger partial charge in [0.05, 0.1) is 0 Å². The third kappa shape index (κ3) is 4.36. The minimum Gasteiger partial charge on any atom is -0.506 e. The molecule has 0 aromatic heterocycles. The minimum atomic E-state index is -0.290. The molecule has 2 N–H and O–H groups in total. The van der Waals surface area contributed by atoms with Gasteiger partial charge in [-0.15, -0.1) is 0 Å². The van der Waals surface area contributed by atoms with Crippen molar-refractivity contribution in [2.45, 2.75) is 59.9 Å². The molecular weight excluding hydrogens is 252 g/mol. The van der Waals surface area contributed by atoms with Gasteiger partial charge in [-0.1, -0.05) is 27.7 Å². The fraction of sp³-hybridized carbons (Fsp3) is 0.750. The summed E-state index contributed by atoms with van der Waals surface area (Å²) in [6, 6.07) is 0.127. The highest BCUT2D eigenvalue weighted by atomic mass is 16.3. The number of aliphatic imine (C=N–C) groups is 1. The summed E-state index contributed by atoms with van der Waals surface area (Å²) in [6.45, 7) is 10.6. The van der Waals surface area contributed by atoms with Gasteiger partial charge in [-0.05, 0) is 43.1 Å². The van der Waals surface area contributed by atoms with E-state index in [1.807, 2.05) is 0 Å². The van der Waals surface area contributed by atoms with Gasteiger partial charge in [-0.25, -0.2) is 0 Å². The molecule has 0 aromatic rings. The molecule has 1 saturated carbocycles. The smallest absolute Gasteiger partial charge is 0.273 e. The summed E-state index contributed by atoms with van der Waals surface area (Å²) in [4.78, 5) is 16.1. The van der Waals surface area contributed by atoms with Crippen LogP contribution in [0.2, 0.25) is 0 Å². The van der Waals surface area contributed by atoms with Crippen LogP contribution < -0.4 is 5.32 Å². The fourth-order valence-electron chi connectivity index (χ4n) is 3.67. The van der Waals surface area contributed by atoms with Crippen molar-refractivity contribution in [3.8, 4) is 0 Å². The Hall–Kier alpha value is -1.32. The Balaban J connectivity index is 2.80. The zero-order chi connectivity index (χ0) is 15.6. The number of aliphatic hydroxyl groups excluding tert-OH is 1. The molecule has 0 bridgehead atoms. The van der Waals surface area contributed by atoms with Gasteiger partial charge in [0, 0.05) is 13.1 Å². The molecule has 0 heterocycles. The topological polar surface area (TPSA) is 61.7 Å². The predicted molar refractivity (Wildman–Crippen MR) is 83.1 cm³/mol. The van der Waals surface area contributed by atoms with Crippen LogP contribution in [0.4, 0.5) is 0 Å². The average molecular weight is 280 g/mol. The summed E-state index contributed by atoms with van der Waals surface area (Å²) < 4.78 is 0. The van der Waals surface area contributed by atoms with E-state index in [1.54, 1.807) is 6.92 Å². The van der Waals surface area contributed by atoms with E-state index in [-0.39, 0.29) is 34.2 Å². The standard InChI is InChI=1S/C16H28N2O2/c1-7-12(19)13(17-6)14(20)18-11-8-15(2,3)10-16(4,5)9-11/h7,11,19H,8-10H2,1-6H3,(H,18,20)/b12-7+,17-13+. The largest absolute Gasteiger partial charge is 0.506 e. The van der Waals surface area contributed by atoms with Gasteiger partial charge in [0.2, 0.25) is 0 Å². The Labute approximate surface area is 122 Å². The summed E-state index contributed by atoms with van der Waals surface area (Å²) in [7, 11) is 1.52. The van der Waals surface area contributed by atoms with Crippen molar-refractivity contribution in [2.75, 3.05) is 7.05 Å². The van der Waals surface area contributed by atoms with Gasteiger partial charge in [0.1, 0.15) is 5.76 Å². The average Bonchev–Trinajstić information content (AvgIpc) is 2.24. The van der Waals surface area contributed by atoms with E-state index in [1.165, 1.54) is 13.1 Å². The third-order valence-electron chi connectivity index (χ3n) is 3.85. The van der Waals surface area contributed by atoms with E-state index >= 15 is 0 Å². The lowest BCUT2D eigenvalue weighted by molar-refractivity contribution is -0.116. The molecule has 1 fully saturated rings. The van der Waals surface area contributed by atoms with Gasteiger partial charge < -0.3 is 10.4 Å². The van der Waals surface area contributed by atoms with Gasteiger partial charge in [0.25, 0.3) is 5.91 Å². The summed E-state index contributed by atoms with van der Waals surface area (Å²) in [5.41, 5.74) is 0.534. The summed E-state index contributed by atoms with van der Waals surface area (Å²) >= 11 is 0. The van der Waals surface area contributed by atoms with Gasteiger partial charge in [-0.3, -0.25) is 9.79 Å². The normalized spacial score (nSPS) is 23.5. The van der Waals surface area contributed by atoms with Crippen molar-refractivity contribution in [2.24, 2.45) is 15.8 Å². The number of carbonyl (C=O) groups is 1. The van der Waals surface area contributed by atoms with Crippen LogP contribution in [0.5, 0.6) is 0 Å². The molecule has 0 aromatic carbocycles. The number of nitrogens with one attached hydrogen (secondary N) is 1. The van der Waals surface area contributed by atoms with E-state index in [0.717, 1.165) is 19.3 Å². The maximum absolute atomic E-state index is 12.2. The molecule has 4 heteroatoms. The van der Waals surface area contributed by atoms with Crippen LogP contribution in [-0.2, 0) is 4.79 Å². The summed E-state index contributed by atoms with van der Waals surface area (Å²) in [5, 5.41) is 12.7. The van der Waals surface area contributed by atoms with E-state index in [0.29, 0.717) is 0 Å². The van der Waals surface area contributed by atoms with Crippen LogP contribution in [0.25, 0.3) is 0 Å². The van der Waals surface area contributed by atoms with Crippen molar-refractivity contribution in [3.05, 3.63) is 11.8 Å². The second kappa shape index (κ2) is 5.98. The highest BCUT2D eigenvalue weighted by Crippen LogP contribution is 2.45. The lowest BCUT2D eigenvalue weighted by Crippen LogP contribution is -2.48. The Morgan fingerprint density at radius 2 is 1.75 bits per heavy atom. The van der Waals surface area contributed by atoms with Crippen molar-refractivity contribution < 1.29 is 9.90 Å². The monoisotopic (exact) mass is 280 g/mol. The SMILES string of the molecule is C/C=C(O)\C(=N/C)C(=O)NC1CC(C)(C)CC(C)(C)C1. The lowest BCUT2D eigenvalue weighted by Gasteiger charge is -2.45. The number of hydrogen-bond donors (Lipinski definition) is 2. The second-order valence-electron chi connectivity index (χ2n) is 7.33. The number of allylic oxidation sites excluding steroid dienone is 1. The molecule has 1 aliphatic carbocycles. The highest BCUT2D eigenvalue weighted by Gasteiger charge is 2.39. The fourth-order valence-corrected chi connectivity index (χ4v) is 3.67. The number of nitrogens with zero attached hydrogens (tertiary/aromatic N) is 1. The van der Waals surface area contributed by atoms with E-state index < -0.39 is 0 Å². The molecular formula is C16H28N2O2. The van der Waals surface area contributed by atoms with Crippen LogP contribution in [0.15, 0.2) is 16.8 Å². The Morgan fingerprint density at radius 3 is 2.15 bits per heavy atom. The molecule has 1 amide bonds. The van der Waals surface area contributed by atoms with Crippen LogP contribution in [0.1, 0.15) is 53.9 Å². The first-order valence-electron chi connectivity index (χ1n) is 7.23. The van der Waals surface area contributed by atoms with Crippen LogP contribution in [-0.4, -0.2) is 29.8 Å². The quantitative estimate of drug-likeness (QED) is 0.616. The molecule has 0 aliphatic heterocycles. The number of aliphatic hydroxyl groups is 1. The Bertz CT molecular complexity index is 418. The molecule has 0 unspecified atom stereocenters. The van der Waals surface area contributed by atoms with Gasteiger partial charge in [0.15, 0.2) is 5.71 Å². The summed E-state index contributed by atoms with van der Waals surface area (Å²) in [6.07, 6.45) is 4.55. The number of rotatable bonds is 3. The first-order valence-corrected chi connectivity index (χ1v) is 7.23. The van der Waals surface area contributed by atoms with Crippen LogP contribution in [0.3, 0.4) is 0 Å². The Kier molecular flexibility index (Phi) is 5.00. The molecule has 1 aliphatic rings. The highest BCUT2D eigenvalue weighted by molar-refractivity contribution is 6.44. The zero-order valence-electron chi connectivity index (χ0n) is 13.6. The van der Waals surface area contributed by atoms with Crippen molar-refractivity contribution >= 4 is 11.6 Å². The van der Waals surface area contributed by atoms with Crippen molar-refractivity contribution in [1.29, 1.82) is 0 Å². The van der Waals surface area contributed by atoms with Gasteiger partial charge in [-0.2, -0.15) is 0 Å². The molecule has 4 nitrogen and oxygen atoms in total. The number of hydrogen-bond acceptors (Lipinski definition) is 3. The number of amides is 1. The van der Waals surface area contributed by atoms with Crippen LogP contribution >= 0.6 is 0 Å². The second-order valence-corrected chi connectivity index (χ2v) is 7.33. The molecule has 0 atom stereocenters. The van der Waals surface area contributed by atoms with Gasteiger partial charge >= 0.3 is 0 Å². The zero-order valence-corrected chi connectivity index (χ0v) is 13.6. The van der Waals surface area contributed by atoms with E-state index in [9.17, 15) is 9.90 Å². The number of carbonyl (C=O) groups excluding carboxylic acids is 1. The van der Waals surface area contributed by atoms with E-state index in [4.69, 9.17) is 0 Å². The van der Waals surface area contributed by atoms with Crippen molar-refractivity contribution in [1.82, 2.24) is 5.32 Å². The first kappa shape index (κ1) is 16.7. The van der Waals surface area contributed by atoms with E-state index in [2.05, 4.69) is 38.0 Å². The lowest BCUT2D eigenvalue weighted by atomic mass is 9.63. The molecule has 0 radical (unpaired) electrons. The maximum Gasteiger partial charge on any atom is 0.273 e. The van der Waals surface area contributed by atoms with Crippen LogP contribution in [0, 0.1) is 10.8 Å². The summed E-state index contributed by atoms with van der Waals surface area (Å²) in [5.74, 6) is -0.360. The molecule has 20 heavy (non-hydrogen) atoms. The molecule has 0 saturated heterocycles. The Morgan fingerprint density at radius 1 is 1.25 bits per heavy atom.